The second kappa shape index (κ2) is 7.99. The molecule has 1 aromatic carbocycles. The number of thioether (sulfide) groups is 1. The second-order valence-electron chi connectivity index (χ2n) is 6.85. The maximum atomic E-state index is 12.6. The molecule has 1 aliphatic rings. The summed E-state index contributed by atoms with van der Waals surface area (Å²) in [6, 6.07) is 7.50. The number of nitrogens with two attached hydrogens (primary N) is 1. The van der Waals surface area contributed by atoms with Crippen molar-refractivity contribution in [2.75, 3.05) is 24.8 Å². The van der Waals surface area contributed by atoms with Crippen LogP contribution in [0, 0.1) is 6.92 Å². The molecule has 1 heterocycles. The predicted octanol–water partition coefficient (Wildman–Crippen LogP) is 1.76. The number of carbonyl (C=O) groups is 2. The van der Waals surface area contributed by atoms with Crippen LogP contribution in [0.5, 0.6) is 0 Å². The molecule has 1 atom stereocenters. The molecule has 0 unspecified atom stereocenters. The van der Waals surface area contributed by atoms with E-state index in [1.54, 1.807) is 14.0 Å². The monoisotopic (exact) mass is 388 g/mol. The Morgan fingerprint density at radius 2 is 2.00 bits per heavy atom. The van der Waals surface area contributed by atoms with Gasteiger partial charge in [-0.3, -0.25) is 9.59 Å². The first-order chi connectivity index (χ1) is 12.8. The zero-order chi connectivity index (χ0) is 19.6. The molecule has 0 radical (unpaired) electrons. The first-order valence-corrected chi connectivity index (χ1v) is 9.71. The third-order valence-corrected chi connectivity index (χ3v) is 5.40. The van der Waals surface area contributed by atoms with E-state index in [2.05, 4.69) is 15.5 Å². The van der Waals surface area contributed by atoms with Crippen molar-refractivity contribution < 1.29 is 9.59 Å². The van der Waals surface area contributed by atoms with Gasteiger partial charge in [0.2, 0.25) is 17.0 Å². The molecule has 0 spiro atoms. The van der Waals surface area contributed by atoms with Crippen LogP contribution >= 0.6 is 11.8 Å². The number of anilines is 1. The summed E-state index contributed by atoms with van der Waals surface area (Å²) in [6.45, 7) is 3.72. The average Bonchev–Trinajstić information content (AvgIpc) is 3.41. The fraction of sp³-hybridized carbons (Fsp3) is 0.444. The van der Waals surface area contributed by atoms with Gasteiger partial charge in [0.15, 0.2) is 5.82 Å². The van der Waals surface area contributed by atoms with E-state index < -0.39 is 5.25 Å². The van der Waals surface area contributed by atoms with E-state index in [-0.39, 0.29) is 18.4 Å². The Kier molecular flexibility index (Phi) is 5.69. The van der Waals surface area contributed by atoms with Crippen molar-refractivity contribution in [3.8, 4) is 0 Å². The molecular formula is C18H24N6O2S. The average molecular weight is 388 g/mol. The number of nitrogens with one attached hydrogen (secondary N) is 1. The van der Waals surface area contributed by atoms with Gasteiger partial charge in [-0.15, -0.1) is 10.2 Å². The molecule has 1 aliphatic carbocycles. The Bertz CT molecular complexity index is 831. The number of benzene rings is 1. The van der Waals surface area contributed by atoms with Crippen molar-refractivity contribution in [3.05, 3.63) is 35.7 Å². The molecule has 1 fully saturated rings. The van der Waals surface area contributed by atoms with Crippen LogP contribution in [0.4, 0.5) is 5.69 Å². The Hall–Kier alpha value is -2.55. The molecule has 0 aliphatic heterocycles. The first-order valence-electron chi connectivity index (χ1n) is 8.83. The van der Waals surface area contributed by atoms with Crippen LogP contribution in [0.3, 0.4) is 0 Å². The van der Waals surface area contributed by atoms with Crippen LogP contribution in [-0.2, 0) is 9.59 Å². The largest absolute Gasteiger partial charge is 0.336 e. The number of rotatable bonds is 7. The Morgan fingerprint density at radius 1 is 1.33 bits per heavy atom. The van der Waals surface area contributed by atoms with Crippen molar-refractivity contribution >= 4 is 29.3 Å². The number of nitrogens with zero attached hydrogens (tertiary/aromatic N) is 4. The maximum Gasteiger partial charge on any atom is 0.243 e. The van der Waals surface area contributed by atoms with E-state index in [4.69, 9.17) is 5.84 Å². The summed E-state index contributed by atoms with van der Waals surface area (Å²) >= 11 is 1.25. The van der Waals surface area contributed by atoms with Crippen molar-refractivity contribution in [1.82, 2.24) is 19.8 Å². The number of likely N-dealkylation sites (N-methyl/N-ethyl adjacent to an activating group) is 1. The zero-order valence-corrected chi connectivity index (χ0v) is 16.5. The summed E-state index contributed by atoms with van der Waals surface area (Å²) in [5.41, 5.74) is 1.82. The van der Waals surface area contributed by atoms with Gasteiger partial charge in [0.05, 0.1) is 11.8 Å². The lowest BCUT2D eigenvalue weighted by atomic mass is 10.2. The Labute approximate surface area is 162 Å². The summed E-state index contributed by atoms with van der Waals surface area (Å²) < 4.78 is 1.47. The minimum Gasteiger partial charge on any atom is -0.336 e. The minimum absolute atomic E-state index is 0.0275. The molecule has 3 N–H and O–H groups in total. The highest BCUT2D eigenvalue weighted by molar-refractivity contribution is 8.00. The summed E-state index contributed by atoms with van der Waals surface area (Å²) in [4.78, 5) is 26.1. The van der Waals surface area contributed by atoms with Gasteiger partial charge in [-0.25, -0.2) is 4.68 Å². The summed E-state index contributed by atoms with van der Waals surface area (Å²) in [7, 11) is 1.61. The SMILES string of the molecule is Cc1ccc(NC(=O)CN(C)C(=O)[C@H](C)Sc2nnc(C3CC3)n2N)cc1. The quantitative estimate of drug-likeness (QED) is 0.553. The Balaban J connectivity index is 1.52. The van der Waals surface area contributed by atoms with E-state index in [9.17, 15) is 9.59 Å². The number of aryl methyl sites for hydroxylation is 1. The lowest BCUT2D eigenvalue weighted by Crippen LogP contribution is -2.39. The molecule has 3 rings (SSSR count). The molecule has 2 aromatic rings. The van der Waals surface area contributed by atoms with E-state index in [0.29, 0.717) is 16.8 Å². The van der Waals surface area contributed by atoms with E-state index >= 15 is 0 Å². The first kappa shape index (κ1) is 19.2. The van der Waals surface area contributed by atoms with Crippen molar-refractivity contribution in [2.45, 2.75) is 43.0 Å². The van der Waals surface area contributed by atoms with Crippen LogP contribution in [0.2, 0.25) is 0 Å². The normalized spacial score (nSPS) is 14.6. The molecular weight excluding hydrogens is 364 g/mol. The van der Waals surface area contributed by atoms with Gasteiger partial charge >= 0.3 is 0 Å². The van der Waals surface area contributed by atoms with Gasteiger partial charge in [0.1, 0.15) is 0 Å². The number of nitrogen functional groups attached to an aromatic ring is 1. The number of hydrogen-bond donors (Lipinski definition) is 2. The van der Waals surface area contributed by atoms with E-state index in [0.717, 1.165) is 24.2 Å². The molecule has 2 amide bonds. The van der Waals surface area contributed by atoms with Gasteiger partial charge in [-0.1, -0.05) is 29.5 Å². The molecule has 1 aromatic heterocycles. The number of amides is 2. The highest BCUT2D eigenvalue weighted by Gasteiger charge is 2.31. The maximum absolute atomic E-state index is 12.6. The van der Waals surface area contributed by atoms with Crippen molar-refractivity contribution in [3.63, 3.8) is 0 Å². The molecule has 9 heteroatoms. The third kappa shape index (κ3) is 4.79. The fourth-order valence-corrected chi connectivity index (χ4v) is 3.53. The van der Waals surface area contributed by atoms with Crippen molar-refractivity contribution in [2.24, 2.45) is 0 Å². The highest BCUT2D eigenvalue weighted by Crippen LogP contribution is 2.39. The van der Waals surface area contributed by atoms with Gasteiger partial charge in [0, 0.05) is 18.7 Å². The second-order valence-corrected chi connectivity index (χ2v) is 8.16. The van der Waals surface area contributed by atoms with E-state index in [1.165, 1.54) is 21.3 Å². The zero-order valence-electron chi connectivity index (χ0n) is 15.7. The topological polar surface area (TPSA) is 106 Å². The lowest BCUT2D eigenvalue weighted by Gasteiger charge is -2.20. The predicted molar refractivity (Wildman–Crippen MR) is 105 cm³/mol. The van der Waals surface area contributed by atoms with Crippen LogP contribution in [0.1, 0.15) is 37.1 Å². The van der Waals surface area contributed by atoms with Gasteiger partial charge < -0.3 is 16.1 Å². The number of aromatic nitrogens is 3. The smallest absolute Gasteiger partial charge is 0.243 e. The van der Waals surface area contributed by atoms with Crippen molar-refractivity contribution in [1.29, 1.82) is 0 Å². The minimum atomic E-state index is -0.430. The van der Waals surface area contributed by atoms with Gasteiger partial charge in [-0.2, -0.15) is 0 Å². The van der Waals surface area contributed by atoms with Crippen LogP contribution in [0.25, 0.3) is 0 Å². The summed E-state index contributed by atoms with van der Waals surface area (Å²) in [5, 5.41) is 11.1. The van der Waals surface area contributed by atoms with Gasteiger partial charge in [0.25, 0.3) is 0 Å². The highest BCUT2D eigenvalue weighted by atomic mass is 32.2. The third-order valence-electron chi connectivity index (χ3n) is 4.36. The van der Waals surface area contributed by atoms with E-state index in [1.807, 2.05) is 31.2 Å². The fourth-order valence-electron chi connectivity index (χ4n) is 2.64. The summed E-state index contributed by atoms with van der Waals surface area (Å²) in [5.74, 6) is 6.76. The van der Waals surface area contributed by atoms with Crippen LogP contribution < -0.4 is 11.2 Å². The molecule has 8 nitrogen and oxygen atoms in total. The number of carbonyl (C=O) groups excluding carboxylic acids is 2. The standard InChI is InChI=1S/C18H24N6O2S/c1-11-4-8-14(9-5-11)20-15(25)10-23(3)17(26)12(2)27-18-22-21-16(24(18)19)13-6-7-13/h4-5,8-9,12-13H,6-7,10,19H2,1-3H3,(H,20,25)/t12-/m0/s1. The lowest BCUT2D eigenvalue weighted by molar-refractivity contribution is -0.132. The molecule has 1 saturated carbocycles. The van der Waals surface area contributed by atoms with Gasteiger partial charge in [-0.05, 0) is 38.8 Å². The summed E-state index contributed by atoms with van der Waals surface area (Å²) in [6.07, 6.45) is 2.15. The molecule has 27 heavy (non-hydrogen) atoms. The molecule has 0 bridgehead atoms. The molecule has 144 valence electrons. The molecule has 0 saturated heterocycles. The Morgan fingerprint density at radius 3 is 2.63 bits per heavy atom. The van der Waals surface area contributed by atoms with Crippen LogP contribution in [-0.4, -0.2) is 50.4 Å². The number of hydrogen-bond acceptors (Lipinski definition) is 6. The van der Waals surface area contributed by atoms with Crippen LogP contribution in [0.15, 0.2) is 29.4 Å².